The Morgan fingerprint density at radius 2 is 2.12 bits per heavy atom. The summed E-state index contributed by atoms with van der Waals surface area (Å²) in [7, 11) is 1.48. The number of nitrogens with one attached hydrogen (secondary N) is 2. The summed E-state index contributed by atoms with van der Waals surface area (Å²) >= 11 is 0. The minimum atomic E-state index is -0.535. The summed E-state index contributed by atoms with van der Waals surface area (Å²) in [5.74, 6) is -0.158. The number of urea groups is 1. The van der Waals surface area contributed by atoms with Gasteiger partial charge in [0.15, 0.2) is 6.29 Å². The van der Waals surface area contributed by atoms with Crippen LogP contribution in [0.4, 0.5) is 10.5 Å². The lowest BCUT2D eigenvalue weighted by Gasteiger charge is -2.28. The Bertz CT molecular complexity index is 702. The largest absolute Gasteiger partial charge is 0.495 e. The fourth-order valence-corrected chi connectivity index (χ4v) is 2.82. The highest BCUT2D eigenvalue weighted by Crippen LogP contribution is 2.30. The smallest absolute Gasteiger partial charge is 0.328 e. The molecule has 1 aromatic rings. The number of imide groups is 1. The standard InChI is InChI=1S/C17H21N3O6/c1-24-13-3-2-11(16(22)18-6-4-15-25-8-9-26-15)10-12(13)20-7-5-14(21)19-17(20)23/h2-3,10,15H,4-9H2,1H3,(H,18,22)(H,19,21,23). The van der Waals surface area contributed by atoms with Gasteiger partial charge < -0.3 is 19.5 Å². The summed E-state index contributed by atoms with van der Waals surface area (Å²) < 4.78 is 15.9. The number of anilines is 1. The highest BCUT2D eigenvalue weighted by molar-refractivity contribution is 6.07. The van der Waals surface area contributed by atoms with Crippen LogP contribution in [0.2, 0.25) is 0 Å². The second-order valence-electron chi connectivity index (χ2n) is 5.86. The minimum Gasteiger partial charge on any atom is -0.495 e. The number of ether oxygens (including phenoxy) is 3. The van der Waals surface area contributed by atoms with E-state index in [4.69, 9.17) is 14.2 Å². The molecule has 2 aliphatic heterocycles. The molecule has 0 bridgehead atoms. The molecular formula is C17H21N3O6. The van der Waals surface area contributed by atoms with E-state index in [9.17, 15) is 14.4 Å². The van der Waals surface area contributed by atoms with E-state index < -0.39 is 6.03 Å². The second-order valence-corrected chi connectivity index (χ2v) is 5.86. The number of carbonyl (C=O) groups is 3. The van der Waals surface area contributed by atoms with E-state index in [2.05, 4.69) is 10.6 Å². The summed E-state index contributed by atoms with van der Waals surface area (Å²) in [6.07, 6.45) is 0.467. The molecule has 26 heavy (non-hydrogen) atoms. The van der Waals surface area contributed by atoms with Crippen molar-refractivity contribution in [2.75, 3.05) is 38.3 Å². The van der Waals surface area contributed by atoms with Crippen LogP contribution in [0, 0.1) is 0 Å². The third-order valence-corrected chi connectivity index (χ3v) is 4.14. The van der Waals surface area contributed by atoms with E-state index >= 15 is 0 Å². The van der Waals surface area contributed by atoms with Crippen LogP contribution in [0.15, 0.2) is 18.2 Å². The summed E-state index contributed by atoms with van der Waals surface area (Å²) in [5.41, 5.74) is 0.825. The van der Waals surface area contributed by atoms with Crippen LogP contribution in [0.1, 0.15) is 23.2 Å². The van der Waals surface area contributed by atoms with E-state index in [1.165, 1.54) is 12.0 Å². The molecule has 0 aliphatic carbocycles. The second kappa shape index (κ2) is 8.15. The fourth-order valence-electron chi connectivity index (χ4n) is 2.82. The molecule has 4 amide bonds. The summed E-state index contributed by atoms with van der Waals surface area (Å²) in [6, 6.07) is 4.28. The van der Waals surface area contributed by atoms with Crippen molar-refractivity contribution in [3.63, 3.8) is 0 Å². The fraction of sp³-hybridized carbons (Fsp3) is 0.471. The number of hydrogen-bond acceptors (Lipinski definition) is 6. The normalized spacial score (nSPS) is 18.0. The molecule has 0 saturated carbocycles. The molecule has 2 aliphatic rings. The number of hydrogen-bond donors (Lipinski definition) is 2. The van der Waals surface area contributed by atoms with E-state index in [0.29, 0.717) is 43.2 Å². The third kappa shape index (κ3) is 4.12. The van der Waals surface area contributed by atoms with Gasteiger partial charge in [-0.15, -0.1) is 0 Å². The maximum absolute atomic E-state index is 12.4. The first kappa shape index (κ1) is 18.2. The molecule has 2 N–H and O–H groups in total. The first-order valence-electron chi connectivity index (χ1n) is 8.39. The van der Waals surface area contributed by atoms with Gasteiger partial charge in [-0.1, -0.05) is 0 Å². The van der Waals surface area contributed by atoms with Gasteiger partial charge in [0.2, 0.25) is 5.91 Å². The molecule has 0 spiro atoms. The van der Waals surface area contributed by atoms with Gasteiger partial charge in [0.1, 0.15) is 5.75 Å². The van der Waals surface area contributed by atoms with E-state index in [1.807, 2.05) is 0 Å². The van der Waals surface area contributed by atoms with Crippen molar-refractivity contribution in [2.24, 2.45) is 0 Å². The lowest BCUT2D eigenvalue weighted by Crippen LogP contribution is -2.49. The molecule has 2 heterocycles. The zero-order valence-electron chi connectivity index (χ0n) is 14.4. The average Bonchev–Trinajstić information content (AvgIpc) is 3.14. The Balaban J connectivity index is 1.68. The van der Waals surface area contributed by atoms with Gasteiger partial charge in [0, 0.05) is 31.5 Å². The zero-order valence-corrected chi connectivity index (χ0v) is 14.4. The maximum atomic E-state index is 12.4. The predicted molar refractivity (Wildman–Crippen MR) is 91.1 cm³/mol. The Kier molecular flexibility index (Phi) is 5.69. The number of rotatable bonds is 6. The van der Waals surface area contributed by atoms with Crippen LogP contribution < -0.4 is 20.3 Å². The molecule has 0 unspecified atom stereocenters. The molecule has 2 fully saturated rings. The van der Waals surface area contributed by atoms with Crippen molar-refractivity contribution in [1.29, 1.82) is 0 Å². The molecule has 2 saturated heterocycles. The van der Waals surface area contributed by atoms with Crippen LogP contribution >= 0.6 is 0 Å². The monoisotopic (exact) mass is 363 g/mol. The van der Waals surface area contributed by atoms with Crippen LogP contribution in [-0.4, -0.2) is 57.5 Å². The number of methoxy groups -OCH3 is 1. The maximum Gasteiger partial charge on any atom is 0.328 e. The van der Waals surface area contributed by atoms with Gasteiger partial charge in [-0.25, -0.2) is 4.79 Å². The van der Waals surface area contributed by atoms with Crippen LogP contribution in [-0.2, 0) is 14.3 Å². The zero-order chi connectivity index (χ0) is 18.5. The molecule has 9 nitrogen and oxygen atoms in total. The Morgan fingerprint density at radius 3 is 2.81 bits per heavy atom. The Morgan fingerprint density at radius 1 is 1.35 bits per heavy atom. The summed E-state index contributed by atoms with van der Waals surface area (Å²) in [4.78, 5) is 37.2. The summed E-state index contributed by atoms with van der Waals surface area (Å²) in [5, 5.41) is 5.06. The lowest BCUT2D eigenvalue weighted by atomic mass is 10.1. The van der Waals surface area contributed by atoms with Crippen molar-refractivity contribution >= 4 is 23.5 Å². The van der Waals surface area contributed by atoms with Crippen molar-refractivity contribution in [3.8, 4) is 5.75 Å². The first-order valence-corrected chi connectivity index (χ1v) is 8.39. The predicted octanol–water partition coefficient (Wildman–Crippen LogP) is 0.634. The van der Waals surface area contributed by atoms with Gasteiger partial charge in [-0.3, -0.25) is 19.8 Å². The highest BCUT2D eigenvalue weighted by atomic mass is 16.7. The number of amides is 4. The minimum absolute atomic E-state index is 0.187. The van der Waals surface area contributed by atoms with Crippen molar-refractivity contribution in [1.82, 2.24) is 10.6 Å². The molecule has 9 heteroatoms. The van der Waals surface area contributed by atoms with Gasteiger partial charge in [0.05, 0.1) is 26.0 Å². The number of nitrogens with zero attached hydrogens (tertiary/aromatic N) is 1. The quantitative estimate of drug-likeness (QED) is 0.768. The Hall–Kier alpha value is -2.65. The molecule has 140 valence electrons. The van der Waals surface area contributed by atoms with Crippen LogP contribution in [0.25, 0.3) is 0 Å². The molecule has 1 aromatic carbocycles. The molecule has 0 radical (unpaired) electrons. The highest BCUT2D eigenvalue weighted by Gasteiger charge is 2.27. The van der Waals surface area contributed by atoms with Gasteiger partial charge >= 0.3 is 6.03 Å². The SMILES string of the molecule is COc1ccc(C(=O)NCCC2OCCO2)cc1N1CCC(=O)NC1=O. The van der Waals surface area contributed by atoms with Crippen LogP contribution in [0.3, 0.4) is 0 Å². The molecule has 0 aromatic heterocycles. The van der Waals surface area contributed by atoms with Gasteiger partial charge in [-0.2, -0.15) is 0 Å². The molecule has 3 rings (SSSR count). The van der Waals surface area contributed by atoms with E-state index in [-0.39, 0.29) is 31.1 Å². The van der Waals surface area contributed by atoms with E-state index in [0.717, 1.165) is 0 Å². The van der Waals surface area contributed by atoms with Gasteiger partial charge in [0.25, 0.3) is 5.91 Å². The number of benzene rings is 1. The van der Waals surface area contributed by atoms with E-state index in [1.54, 1.807) is 18.2 Å². The molecule has 0 atom stereocenters. The van der Waals surface area contributed by atoms with Crippen molar-refractivity contribution in [3.05, 3.63) is 23.8 Å². The average molecular weight is 363 g/mol. The Labute approximate surface area is 150 Å². The van der Waals surface area contributed by atoms with Crippen molar-refractivity contribution < 1.29 is 28.6 Å². The number of carbonyl (C=O) groups excluding carboxylic acids is 3. The summed E-state index contributed by atoms with van der Waals surface area (Å²) in [6.45, 7) is 1.77. The van der Waals surface area contributed by atoms with Crippen LogP contribution in [0.5, 0.6) is 5.75 Å². The van der Waals surface area contributed by atoms with Crippen molar-refractivity contribution in [2.45, 2.75) is 19.1 Å². The molecular weight excluding hydrogens is 342 g/mol. The first-order chi connectivity index (χ1) is 12.6. The van der Waals surface area contributed by atoms with Gasteiger partial charge in [-0.05, 0) is 18.2 Å². The lowest BCUT2D eigenvalue weighted by molar-refractivity contribution is -0.120. The topological polar surface area (TPSA) is 106 Å². The third-order valence-electron chi connectivity index (χ3n) is 4.14.